The summed E-state index contributed by atoms with van der Waals surface area (Å²) in [5.41, 5.74) is 0.480. The van der Waals surface area contributed by atoms with Gasteiger partial charge in [0.1, 0.15) is 5.92 Å². The third kappa shape index (κ3) is 2.44. The average molecular weight is 292 g/mol. The number of nitrogens with one attached hydrogen (secondary N) is 1. The lowest BCUT2D eigenvalue weighted by molar-refractivity contribution is -0.497. The predicted octanol–water partition coefficient (Wildman–Crippen LogP) is 2.37. The van der Waals surface area contributed by atoms with Crippen molar-refractivity contribution in [2.24, 2.45) is 29.1 Å². The minimum absolute atomic E-state index is 0.0959. The van der Waals surface area contributed by atoms with Crippen molar-refractivity contribution in [1.29, 1.82) is 0 Å². The molecule has 0 saturated heterocycles. The second kappa shape index (κ2) is 4.68. The summed E-state index contributed by atoms with van der Waals surface area (Å²) < 4.78 is 0. The molecule has 5 saturated carbocycles. The van der Waals surface area contributed by atoms with Gasteiger partial charge in [0, 0.05) is 17.9 Å². The normalized spacial score (nSPS) is 46.4. The van der Waals surface area contributed by atoms with Gasteiger partial charge in [-0.2, -0.15) is 0 Å². The maximum atomic E-state index is 11.9. The van der Waals surface area contributed by atoms with E-state index < -0.39 is 6.04 Å². The van der Waals surface area contributed by atoms with E-state index in [4.69, 9.17) is 0 Å². The second-order valence-electron chi connectivity index (χ2n) is 8.15. The second-order valence-corrected chi connectivity index (χ2v) is 8.15. The molecule has 1 N–H and O–H groups in total. The lowest BCUT2D eigenvalue weighted by Gasteiger charge is -2.57. The third-order valence-electron chi connectivity index (χ3n) is 6.48. The van der Waals surface area contributed by atoms with Crippen molar-refractivity contribution in [3.63, 3.8) is 0 Å². The van der Waals surface area contributed by atoms with Crippen LogP contribution in [0.15, 0.2) is 0 Å². The zero-order valence-electron chi connectivity index (χ0n) is 12.4. The van der Waals surface area contributed by atoms with Gasteiger partial charge in [-0.1, -0.05) is 0 Å². The summed E-state index contributed by atoms with van der Waals surface area (Å²) in [6, 6.07) is -0.621. The fourth-order valence-electron chi connectivity index (χ4n) is 5.87. The van der Waals surface area contributed by atoms with Crippen molar-refractivity contribution in [3.05, 3.63) is 10.1 Å². The SMILES string of the molecule is O=C(NCCC12CC3CC(CC(C3)C1)C2)C1CC1[N+](=O)[O-]. The van der Waals surface area contributed by atoms with Crippen LogP contribution in [0.25, 0.3) is 0 Å². The van der Waals surface area contributed by atoms with E-state index >= 15 is 0 Å². The summed E-state index contributed by atoms with van der Waals surface area (Å²) in [4.78, 5) is 22.2. The molecule has 5 rings (SSSR count). The number of rotatable bonds is 5. The number of amides is 1. The molecule has 2 unspecified atom stereocenters. The predicted molar refractivity (Wildman–Crippen MR) is 77.1 cm³/mol. The molecule has 5 fully saturated rings. The first-order valence-corrected chi connectivity index (χ1v) is 8.46. The highest BCUT2D eigenvalue weighted by Crippen LogP contribution is 2.61. The van der Waals surface area contributed by atoms with E-state index in [9.17, 15) is 14.9 Å². The van der Waals surface area contributed by atoms with Gasteiger partial charge in [-0.3, -0.25) is 14.9 Å². The molecule has 21 heavy (non-hydrogen) atoms. The van der Waals surface area contributed by atoms with Crippen LogP contribution < -0.4 is 5.32 Å². The van der Waals surface area contributed by atoms with Crippen molar-refractivity contribution in [3.8, 4) is 0 Å². The molecule has 0 aromatic rings. The van der Waals surface area contributed by atoms with Gasteiger partial charge in [0.25, 0.3) is 0 Å². The van der Waals surface area contributed by atoms with E-state index in [0.717, 1.165) is 24.2 Å². The standard InChI is InChI=1S/C16H24N2O3/c19-15(13-6-14(13)18(20)21)17-2-1-16-7-10-3-11(8-16)5-12(4-10)9-16/h10-14H,1-9H2,(H,17,19). The molecule has 5 heteroatoms. The Morgan fingerprint density at radius 2 is 1.67 bits per heavy atom. The molecule has 0 radical (unpaired) electrons. The molecule has 2 atom stereocenters. The summed E-state index contributed by atoms with van der Waals surface area (Å²) in [7, 11) is 0. The highest BCUT2D eigenvalue weighted by atomic mass is 16.6. The van der Waals surface area contributed by atoms with Crippen molar-refractivity contribution >= 4 is 5.91 Å². The fourth-order valence-corrected chi connectivity index (χ4v) is 5.87. The van der Waals surface area contributed by atoms with Crippen molar-refractivity contribution in [1.82, 2.24) is 5.32 Å². The number of carbonyl (C=O) groups is 1. The van der Waals surface area contributed by atoms with Crippen LogP contribution >= 0.6 is 0 Å². The van der Waals surface area contributed by atoms with E-state index in [1.165, 1.54) is 38.5 Å². The molecule has 0 spiro atoms. The molecule has 0 aromatic heterocycles. The zero-order chi connectivity index (χ0) is 14.6. The van der Waals surface area contributed by atoms with E-state index in [0.29, 0.717) is 18.4 Å². The van der Waals surface area contributed by atoms with Crippen LogP contribution in [0.5, 0.6) is 0 Å². The Bertz CT molecular complexity index is 441. The summed E-state index contributed by atoms with van der Waals surface area (Å²) in [5.74, 6) is 2.36. The van der Waals surface area contributed by atoms with Gasteiger partial charge in [-0.25, -0.2) is 0 Å². The topological polar surface area (TPSA) is 72.2 Å². The minimum Gasteiger partial charge on any atom is -0.356 e. The van der Waals surface area contributed by atoms with E-state index in [1.54, 1.807) is 0 Å². The molecule has 0 heterocycles. The lowest BCUT2D eigenvalue weighted by atomic mass is 9.49. The van der Waals surface area contributed by atoms with Crippen molar-refractivity contribution in [2.75, 3.05) is 6.54 Å². The molecule has 5 nitrogen and oxygen atoms in total. The van der Waals surface area contributed by atoms with Crippen LogP contribution in [0.4, 0.5) is 0 Å². The molecular formula is C16H24N2O3. The average Bonchev–Trinajstić information content (AvgIpc) is 3.16. The Morgan fingerprint density at radius 1 is 1.10 bits per heavy atom. The Labute approximate surface area is 125 Å². The summed E-state index contributed by atoms with van der Waals surface area (Å²) in [5, 5.41) is 13.6. The van der Waals surface area contributed by atoms with Gasteiger partial charge in [0.15, 0.2) is 0 Å². The fraction of sp³-hybridized carbons (Fsp3) is 0.938. The van der Waals surface area contributed by atoms with E-state index in [-0.39, 0.29) is 16.7 Å². The summed E-state index contributed by atoms with van der Waals surface area (Å²) in [6.07, 6.45) is 9.91. The molecule has 0 aromatic carbocycles. The van der Waals surface area contributed by atoms with Crippen LogP contribution in [0.1, 0.15) is 51.4 Å². The van der Waals surface area contributed by atoms with Crippen molar-refractivity contribution in [2.45, 2.75) is 57.4 Å². The van der Waals surface area contributed by atoms with Crippen LogP contribution in [0.2, 0.25) is 0 Å². The number of nitrogens with zero attached hydrogens (tertiary/aromatic N) is 1. The molecule has 5 aliphatic rings. The van der Waals surface area contributed by atoms with Gasteiger partial charge in [-0.05, 0) is 68.1 Å². The molecule has 0 aliphatic heterocycles. The Balaban J connectivity index is 1.28. The number of hydrogen-bond acceptors (Lipinski definition) is 3. The largest absolute Gasteiger partial charge is 0.356 e. The van der Waals surface area contributed by atoms with Crippen LogP contribution in [-0.4, -0.2) is 23.4 Å². The van der Waals surface area contributed by atoms with Crippen LogP contribution in [0.3, 0.4) is 0 Å². The van der Waals surface area contributed by atoms with E-state index in [1.807, 2.05) is 0 Å². The Morgan fingerprint density at radius 3 is 2.14 bits per heavy atom. The maximum absolute atomic E-state index is 11.9. The zero-order valence-corrected chi connectivity index (χ0v) is 12.4. The quantitative estimate of drug-likeness (QED) is 0.624. The maximum Gasteiger partial charge on any atom is 0.230 e. The van der Waals surface area contributed by atoms with Crippen LogP contribution in [0, 0.1) is 39.2 Å². The number of hydrogen-bond donors (Lipinski definition) is 1. The lowest BCUT2D eigenvalue weighted by Crippen LogP contribution is -2.47. The van der Waals surface area contributed by atoms with Gasteiger partial charge in [-0.15, -0.1) is 0 Å². The molecule has 1 amide bonds. The van der Waals surface area contributed by atoms with Gasteiger partial charge >= 0.3 is 0 Å². The first-order chi connectivity index (χ1) is 10.0. The third-order valence-corrected chi connectivity index (χ3v) is 6.48. The highest BCUT2D eigenvalue weighted by Gasteiger charge is 2.54. The number of carbonyl (C=O) groups excluding carboxylic acids is 1. The van der Waals surface area contributed by atoms with Crippen LogP contribution in [-0.2, 0) is 4.79 Å². The number of nitro groups is 1. The Hall–Kier alpha value is -1.13. The van der Waals surface area contributed by atoms with Gasteiger partial charge in [0.2, 0.25) is 11.9 Å². The molecular weight excluding hydrogens is 268 g/mol. The first kappa shape index (κ1) is 13.5. The van der Waals surface area contributed by atoms with Gasteiger partial charge < -0.3 is 5.32 Å². The minimum atomic E-state index is -0.621. The molecule has 4 bridgehead atoms. The molecule has 5 aliphatic carbocycles. The summed E-state index contributed by atoms with van der Waals surface area (Å²) in [6.45, 7) is 0.714. The Kier molecular flexibility index (Phi) is 3.02. The summed E-state index contributed by atoms with van der Waals surface area (Å²) >= 11 is 0. The first-order valence-electron chi connectivity index (χ1n) is 8.46. The monoisotopic (exact) mass is 292 g/mol. The van der Waals surface area contributed by atoms with Gasteiger partial charge in [0.05, 0.1) is 0 Å². The highest BCUT2D eigenvalue weighted by molar-refractivity contribution is 5.81. The van der Waals surface area contributed by atoms with Crippen molar-refractivity contribution < 1.29 is 9.72 Å². The smallest absolute Gasteiger partial charge is 0.230 e. The van der Waals surface area contributed by atoms with E-state index in [2.05, 4.69) is 5.32 Å². The molecule has 116 valence electrons.